The van der Waals surface area contributed by atoms with Crippen molar-refractivity contribution in [2.75, 3.05) is 0 Å². The predicted molar refractivity (Wildman–Crippen MR) is 126 cm³/mol. The minimum absolute atomic E-state index is 0.0221. The number of nitro benzene ring substituents is 2. The van der Waals surface area contributed by atoms with E-state index in [4.69, 9.17) is 0 Å². The van der Waals surface area contributed by atoms with Crippen LogP contribution in [0.2, 0.25) is 0 Å². The Morgan fingerprint density at radius 2 is 1.24 bits per heavy atom. The molecule has 0 aliphatic heterocycles. The van der Waals surface area contributed by atoms with Crippen molar-refractivity contribution in [2.24, 2.45) is 0 Å². The summed E-state index contributed by atoms with van der Waals surface area (Å²) < 4.78 is 0. The molecule has 8 heteroatoms. The fraction of sp³-hybridized carbons (Fsp3) is 0. The van der Waals surface area contributed by atoms with Crippen molar-refractivity contribution in [3.63, 3.8) is 0 Å². The van der Waals surface area contributed by atoms with Crippen LogP contribution in [0.15, 0.2) is 89.7 Å². The van der Waals surface area contributed by atoms with Gasteiger partial charge >= 0.3 is 0 Å². The van der Waals surface area contributed by atoms with Crippen molar-refractivity contribution in [3.05, 3.63) is 116 Å². The molecule has 0 bridgehead atoms. The van der Waals surface area contributed by atoms with Gasteiger partial charge in [-0.1, -0.05) is 48.5 Å². The quantitative estimate of drug-likeness (QED) is 0.215. The van der Waals surface area contributed by atoms with Gasteiger partial charge in [-0.2, -0.15) is 0 Å². The predicted octanol–water partition coefficient (Wildman–Crippen LogP) is 5.83. The van der Waals surface area contributed by atoms with Gasteiger partial charge in [-0.25, -0.2) is 0 Å². The Morgan fingerprint density at radius 3 is 1.94 bits per heavy atom. The molecular formula is C25H15N3O5. The summed E-state index contributed by atoms with van der Waals surface area (Å²) in [5.74, 6) is 0. The van der Waals surface area contributed by atoms with Crippen LogP contribution in [0.1, 0.15) is 0 Å². The lowest BCUT2D eigenvalue weighted by Crippen LogP contribution is -2.08. The van der Waals surface area contributed by atoms with Gasteiger partial charge < -0.3 is 4.98 Å². The molecule has 0 atom stereocenters. The fourth-order valence-electron chi connectivity index (χ4n) is 4.21. The van der Waals surface area contributed by atoms with E-state index in [2.05, 4.69) is 4.98 Å². The van der Waals surface area contributed by atoms with Crippen LogP contribution in [0.3, 0.4) is 0 Å². The third-order valence-electron chi connectivity index (χ3n) is 5.65. The van der Waals surface area contributed by atoms with Crippen LogP contribution in [0.25, 0.3) is 43.9 Å². The molecule has 160 valence electrons. The molecule has 1 N–H and O–H groups in total. The first kappa shape index (κ1) is 20.1. The summed E-state index contributed by atoms with van der Waals surface area (Å²) in [5, 5.41) is 24.7. The number of hydrogen-bond acceptors (Lipinski definition) is 5. The first-order chi connectivity index (χ1) is 16.0. The largest absolute Gasteiger partial charge is 0.321 e. The molecule has 0 amide bonds. The molecule has 5 aromatic rings. The van der Waals surface area contributed by atoms with Crippen LogP contribution in [0.4, 0.5) is 11.4 Å². The Morgan fingerprint density at radius 1 is 0.636 bits per heavy atom. The third kappa shape index (κ3) is 3.30. The van der Waals surface area contributed by atoms with Crippen molar-refractivity contribution >= 4 is 33.1 Å². The highest BCUT2D eigenvalue weighted by Crippen LogP contribution is 2.37. The van der Waals surface area contributed by atoms with Crippen molar-refractivity contribution in [1.29, 1.82) is 0 Å². The zero-order valence-corrected chi connectivity index (χ0v) is 17.0. The lowest BCUT2D eigenvalue weighted by atomic mass is 9.94. The van der Waals surface area contributed by atoms with E-state index in [1.165, 1.54) is 12.1 Å². The number of nitro groups is 2. The van der Waals surface area contributed by atoms with E-state index in [9.17, 15) is 25.0 Å². The average molecular weight is 437 g/mol. The zero-order valence-electron chi connectivity index (χ0n) is 17.0. The van der Waals surface area contributed by atoms with Crippen LogP contribution in [0, 0.1) is 20.2 Å². The molecule has 0 aliphatic carbocycles. The second-order valence-electron chi connectivity index (χ2n) is 7.49. The van der Waals surface area contributed by atoms with Gasteiger partial charge in [-0.15, -0.1) is 0 Å². The molecule has 0 fully saturated rings. The smallest absolute Gasteiger partial charge is 0.277 e. The molecule has 33 heavy (non-hydrogen) atoms. The molecule has 0 radical (unpaired) electrons. The van der Waals surface area contributed by atoms with Gasteiger partial charge in [0.2, 0.25) is 0 Å². The van der Waals surface area contributed by atoms with Crippen molar-refractivity contribution in [1.82, 2.24) is 4.98 Å². The van der Waals surface area contributed by atoms with Crippen LogP contribution in [-0.4, -0.2) is 14.8 Å². The second-order valence-corrected chi connectivity index (χ2v) is 7.49. The maximum absolute atomic E-state index is 13.1. The standard InChI is InChI=1S/C25H15N3O5/c29-25-24-18(17-7-2-4-11-23(17)28(32)33)8-5-9-19(24)20-14-15(12-13-21(20)26-25)16-6-1-3-10-22(16)27(30)31/h1-14H,(H,26,29). The Bertz CT molecular complexity index is 1660. The molecule has 0 saturated carbocycles. The Hall–Kier alpha value is -4.85. The summed E-state index contributed by atoms with van der Waals surface area (Å²) in [6.07, 6.45) is 0. The summed E-state index contributed by atoms with van der Waals surface area (Å²) in [6.45, 7) is 0. The number of nitrogens with one attached hydrogen (secondary N) is 1. The van der Waals surface area contributed by atoms with Gasteiger partial charge in [-0.05, 0) is 35.2 Å². The molecule has 0 unspecified atom stereocenters. The minimum atomic E-state index is -0.476. The van der Waals surface area contributed by atoms with E-state index in [0.717, 1.165) is 0 Å². The number of benzene rings is 4. The maximum atomic E-state index is 13.1. The van der Waals surface area contributed by atoms with Gasteiger partial charge in [0.25, 0.3) is 16.9 Å². The van der Waals surface area contributed by atoms with E-state index in [1.807, 2.05) is 0 Å². The monoisotopic (exact) mass is 437 g/mol. The number of para-hydroxylation sites is 2. The molecule has 5 rings (SSSR count). The zero-order chi connectivity index (χ0) is 23.1. The Balaban J connectivity index is 1.84. The topological polar surface area (TPSA) is 119 Å². The highest BCUT2D eigenvalue weighted by Gasteiger charge is 2.20. The van der Waals surface area contributed by atoms with Gasteiger partial charge in [0.1, 0.15) is 0 Å². The fourth-order valence-corrected chi connectivity index (χ4v) is 4.21. The van der Waals surface area contributed by atoms with Crippen LogP contribution >= 0.6 is 0 Å². The summed E-state index contributed by atoms with van der Waals surface area (Å²) in [6, 6.07) is 23.1. The first-order valence-electron chi connectivity index (χ1n) is 10.0. The van der Waals surface area contributed by atoms with Crippen LogP contribution in [0.5, 0.6) is 0 Å². The summed E-state index contributed by atoms with van der Waals surface area (Å²) >= 11 is 0. The summed E-state index contributed by atoms with van der Waals surface area (Å²) in [5.41, 5.74) is 1.94. The van der Waals surface area contributed by atoms with E-state index < -0.39 is 9.85 Å². The van der Waals surface area contributed by atoms with Gasteiger partial charge in [0, 0.05) is 28.6 Å². The van der Waals surface area contributed by atoms with Crippen molar-refractivity contribution in [3.8, 4) is 22.3 Å². The minimum Gasteiger partial charge on any atom is -0.321 e. The van der Waals surface area contributed by atoms with Crippen LogP contribution < -0.4 is 5.56 Å². The van der Waals surface area contributed by atoms with Gasteiger partial charge in [-0.3, -0.25) is 25.0 Å². The first-order valence-corrected chi connectivity index (χ1v) is 10.0. The number of aromatic amines is 1. The summed E-state index contributed by atoms with van der Waals surface area (Å²) in [7, 11) is 0. The van der Waals surface area contributed by atoms with E-state index in [1.54, 1.807) is 72.8 Å². The third-order valence-corrected chi connectivity index (χ3v) is 5.65. The molecule has 0 spiro atoms. The van der Waals surface area contributed by atoms with Gasteiger partial charge in [0.15, 0.2) is 0 Å². The Labute approximate surface area is 186 Å². The normalized spacial score (nSPS) is 11.0. The molecule has 0 aliphatic rings. The second kappa shape index (κ2) is 7.69. The molecular weight excluding hydrogens is 422 g/mol. The van der Waals surface area contributed by atoms with Gasteiger partial charge in [0.05, 0.1) is 26.4 Å². The summed E-state index contributed by atoms with van der Waals surface area (Å²) in [4.78, 5) is 38.1. The number of nitrogens with zero attached hydrogens (tertiary/aromatic N) is 2. The number of hydrogen-bond donors (Lipinski definition) is 1. The number of rotatable bonds is 4. The molecule has 8 nitrogen and oxygen atoms in total. The number of aromatic nitrogens is 1. The van der Waals surface area contributed by atoms with Crippen molar-refractivity contribution in [2.45, 2.75) is 0 Å². The maximum Gasteiger partial charge on any atom is 0.277 e. The highest BCUT2D eigenvalue weighted by molar-refractivity contribution is 6.11. The van der Waals surface area contributed by atoms with E-state index in [-0.39, 0.29) is 16.9 Å². The van der Waals surface area contributed by atoms with Crippen LogP contribution in [-0.2, 0) is 0 Å². The molecule has 1 heterocycles. The highest BCUT2D eigenvalue weighted by atomic mass is 16.6. The number of H-pyrrole nitrogens is 1. The Kier molecular flexibility index (Phi) is 4.68. The lowest BCUT2D eigenvalue weighted by molar-refractivity contribution is -0.384. The SMILES string of the molecule is O=c1[nH]c2ccc(-c3ccccc3[N+](=O)[O-])cc2c2cccc(-c3ccccc3[N+](=O)[O-])c12. The van der Waals surface area contributed by atoms with E-state index in [0.29, 0.717) is 43.9 Å². The molecule has 4 aromatic carbocycles. The average Bonchev–Trinajstić information content (AvgIpc) is 2.83. The van der Waals surface area contributed by atoms with Crippen molar-refractivity contribution < 1.29 is 9.85 Å². The lowest BCUT2D eigenvalue weighted by Gasteiger charge is -2.11. The number of fused-ring (bicyclic) bond motifs is 3. The number of pyridine rings is 1. The molecule has 0 saturated heterocycles. The molecule has 1 aromatic heterocycles. The van der Waals surface area contributed by atoms with E-state index >= 15 is 0 Å².